The molecule has 0 saturated carbocycles. The molecule has 0 saturated heterocycles. The second-order valence-electron chi connectivity index (χ2n) is 4.59. The maximum Gasteiger partial charge on any atom is 0.130 e. The molecule has 0 aromatic carbocycles. The van der Waals surface area contributed by atoms with Gasteiger partial charge in [-0.15, -0.1) is 0 Å². The molecule has 0 fully saturated rings. The Morgan fingerprint density at radius 2 is 2.19 bits per heavy atom. The lowest BCUT2D eigenvalue weighted by molar-refractivity contribution is 0.100. The van der Waals surface area contributed by atoms with Gasteiger partial charge in [0.1, 0.15) is 18.1 Å². The van der Waals surface area contributed by atoms with E-state index in [1.54, 1.807) is 0 Å². The van der Waals surface area contributed by atoms with Crippen molar-refractivity contribution in [3.8, 4) is 0 Å². The van der Waals surface area contributed by atoms with Crippen molar-refractivity contribution >= 4 is 0 Å². The van der Waals surface area contributed by atoms with Gasteiger partial charge in [0.15, 0.2) is 0 Å². The maximum absolute atomic E-state index is 5.57. The summed E-state index contributed by atoms with van der Waals surface area (Å²) < 4.78 is 11.1. The molecule has 0 bridgehead atoms. The van der Waals surface area contributed by atoms with Crippen LogP contribution in [0.25, 0.3) is 0 Å². The molecule has 0 aliphatic heterocycles. The number of furan rings is 1. The third-order valence-electron chi connectivity index (χ3n) is 2.61. The summed E-state index contributed by atoms with van der Waals surface area (Å²) in [5.41, 5.74) is 6.64. The van der Waals surface area contributed by atoms with E-state index in [1.807, 2.05) is 13.0 Å². The highest BCUT2D eigenvalue weighted by Gasteiger charge is 2.05. The predicted octanol–water partition coefficient (Wildman–Crippen LogP) is 3.00. The zero-order valence-corrected chi connectivity index (χ0v) is 10.6. The number of aryl methyl sites for hydroxylation is 1. The lowest BCUT2D eigenvalue weighted by Gasteiger charge is -2.04. The average molecular weight is 225 g/mol. The minimum absolute atomic E-state index is 0.530. The fraction of sp³-hybridized carbons (Fsp3) is 0.692. The van der Waals surface area contributed by atoms with Crippen LogP contribution >= 0.6 is 0 Å². The first-order chi connectivity index (χ1) is 7.63. The molecule has 1 aromatic heterocycles. The summed E-state index contributed by atoms with van der Waals surface area (Å²) in [6.07, 6.45) is 2.33. The Morgan fingerprint density at radius 1 is 1.44 bits per heavy atom. The smallest absolute Gasteiger partial charge is 0.130 e. The van der Waals surface area contributed by atoms with Crippen LogP contribution in [0.3, 0.4) is 0 Å². The van der Waals surface area contributed by atoms with Gasteiger partial charge in [-0.25, -0.2) is 0 Å². The fourth-order valence-electron chi connectivity index (χ4n) is 1.63. The lowest BCUT2D eigenvalue weighted by Crippen LogP contribution is -1.97. The predicted molar refractivity (Wildman–Crippen MR) is 65.1 cm³/mol. The molecule has 0 unspecified atom stereocenters. The van der Waals surface area contributed by atoms with E-state index in [-0.39, 0.29) is 0 Å². The van der Waals surface area contributed by atoms with Gasteiger partial charge in [-0.3, -0.25) is 0 Å². The Hall–Kier alpha value is -0.800. The molecule has 16 heavy (non-hydrogen) atoms. The van der Waals surface area contributed by atoms with Crippen molar-refractivity contribution in [2.75, 3.05) is 6.61 Å². The summed E-state index contributed by atoms with van der Waals surface area (Å²) in [7, 11) is 0. The highest BCUT2D eigenvalue weighted by molar-refractivity contribution is 5.19. The molecule has 3 heteroatoms. The van der Waals surface area contributed by atoms with E-state index < -0.39 is 0 Å². The fourth-order valence-corrected chi connectivity index (χ4v) is 1.63. The molecular weight excluding hydrogens is 202 g/mol. The minimum Gasteiger partial charge on any atom is -0.464 e. The van der Waals surface area contributed by atoms with Crippen molar-refractivity contribution in [2.45, 2.75) is 46.8 Å². The SMILES string of the molecule is Cc1oc(COCCCC(C)C)cc1CN. The molecule has 2 N–H and O–H groups in total. The van der Waals surface area contributed by atoms with Crippen molar-refractivity contribution in [1.82, 2.24) is 0 Å². The summed E-state index contributed by atoms with van der Waals surface area (Å²) in [5, 5.41) is 0. The molecule has 0 aliphatic rings. The molecule has 0 spiro atoms. The van der Waals surface area contributed by atoms with Gasteiger partial charge in [0.2, 0.25) is 0 Å². The van der Waals surface area contributed by atoms with Crippen LogP contribution in [0.2, 0.25) is 0 Å². The average Bonchev–Trinajstić information content (AvgIpc) is 2.58. The summed E-state index contributed by atoms with van der Waals surface area (Å²) in [6, 6.07) is 1.98. The lowest BCUT2D eigenvalue weighted by atomic mass is 10.1. The third kappa shape index (κ3) is 4.37. The summed E-state index contributed by atoms with van der Waals surface area (Å²) in [4.78, 5) is 0. The first kappa shape index (κ1) is 13.3. The van der Waals surface area contributed by atoms with E-state index in [2.05, 4.69) is 13.8 Å². The van der Waals surface area contributed by atoms with Crippen molar-refractivity contribution in [1.29, 1.82) is 0 Å². The van der Waals surface area contributed by atoms with Crippen molar-refractivity contribution < 1.29 is 9.15 Å². The van der Waals surface area contributed by atoms with Gasteiger partial charge >= 0.3 is 0 Å². The van der Waals surface area contributed by atoms with Crippen LogP contribution in [-0.4, -0.2) is 6.61 Å². The van der Waals surface area contributed by atoms with Gasteiger partial charge < -0.3 is 14.9 Å². The van der Waals surface area contributed by atoms with E-state index in [1.165, 1.54) is 6.42 Å². The van der Waals surface area contributed by atoms with Gasteiger partial charge in [0.05, 0.1) is 0 Å². The molecule has 0 aliphatic carbocycles. The molecule has 1 heterocycles. The maximum atomic E-state index is 5.57. The third-order valence-corrected chi connectivity index (χ3v) is 2.61. The van der Waals surface area contributed by atoms with Gasteiger partial charge in [0, 0.05) is 18.7 Å². The summed E-state index contributed by atoms with van der Waals surface area (Å²) in [6.45, 7) is 8.27. The Balaban J connectivity index is 2.21. The molecule has 0 amide bonds. The van der Waals surface area contributed by atoms with E-state index in [9.17, 15) is 0 Å². The highest BCUT2D eigenvalue weighted by atomic mass is 16.5. The van der Waals surface area contributed by atoms with E-state index >= 15 is 0 Å². The number of ether oxygens (including phenoxy) is 1. The normalized spacial score (nSPS) is 11.3. The Bertz CT molecular complexity index is 305. The van der Waals surface area contributed by atoms with E-state index in [4.69, 9.17) is 14.9 Å². The molecule has 3 nitrogen and oxygen atoms in total. The molecule has 1 rings (SSSR count). The summed E-state index contributed by atoms with van der Waals surface area (Å²) >= 11 is 0. The topological polar surface area (TPSA) is 48.4 Å². The van der Waals surface area contributed by atoms with Gasteiger partial charge in [-0.2, -0.15) is 0 Å². The molecule has 0 atom stereocenters. The number of rotatable bonds is 7. The largest absolute Gasteiger partial charge is 0.464 e. The monoisotopic (exact) mass is 225 g/mol. The Morgan fingerprint density at radius 3 is 2.75 bits per heavy atom. The van der Waals surface area contributed by atoms with E-state index in [0.29, 0.717) is 13.2 Å². The van der Waals surface area contributed by atoms with Crippen LogP contribution in [0.4, 0.5) is 0 Å². The Kier molecular flexibility index (Phi) is 5.56. The minimum atomic E-state index is 0.530. The molecule has 1 aromatic rings. The van der Waals surface area contributed by atoms with E-state index in [0.717, 1.165) is 36.0 Å². The number of nitrogens with two attached hydrogens (primary N) is 1. The highest BCUT2D eigenvalue weighted by Crippen LogP contribution is 2.15. The van der Waals surface area contributed by atoms with Crippen molar-refractivity contribution in [3.05, 3.63) is 23.2 Å². The van der Waals surface area contributed by atoms with Crippen LogP contribution in [0.1, 0.15) is 43.8 Å². The van der Waals surface area contributed by atoms with Crippen LogP contribution in [0.15, 0.2) is 10.5 Å². The molecule has 92 valence electrons. The van der Waals surface area contributed by atoms with Crippen molar-refractivity contribution in [3.63, 3.8) is 0 Å². The van der Waals surface area contributed by atoms with Crippen LogP contribution in [0, 0.1) is 12.8 Å². The molecular formula is C13H23NO2. The zero-order chi connectivity index (χ0) is 12.0. The Labute approximate surface area is 98.0 Å². The second-order valence-corrected chi connectivity index (χ2v) is 4.59. The number of hydrogen-bond acceptors (Lipinski definition) is 3. The first-order valence-electron chi connectivity index (χ1n) is 5.99. The zero-order valence-electron chi connectivity index (χ0n) is 10.6. The number of hydrogen-bond donors (Lipinski definition) is 1. The second kappa shape index (κ2) is 6.71. The van der Waals surface area contributed by atoms with Gasteiger partial charge in [0.25, 0.3) is 0 Å². The first-order valence-corrected chi connectivity index (χ1v) is 5.99. The van der Waals surface area contributed by atoms with Gasteiger partial charge in [-0.1, -0.05) is 13.8 Å². The van der Waals surface area contributed by atoms with Gasteiger partial charge in [-0.05, 0) is 31.7 Å². The standard InChI is InChI=1S/C13H23NO2/c1-10(2)5-4-6-15-9-13-7-12(8-14)11(3)16-13/h7,10H,4-6,8-9,14H2,1-3H3. The molecule has 0 radical (unpaired) electrons. The summed E-state index contributed by atoms with van der Waals surface area (Å²) in [5.74, 6) is 2.53. The van der Waals surface area contributed by atoms with Crippen LogP contribution in [-0.2, 0) is 17.9 Å². The van der Waals surface area contributed by atoms with Crippen LogP contribution < -0.4 is 5.73 Å². The quantitative estimate of drug-likeness (QED) is 0.726. The van der Waals surface area contributed by atoms with Crippen molar-refractivity contribution in [2.24, 2.45) is 11.7 Å². The van der Waals surface area contributed by atoms with Crippen LogP contribution in [0.5, 0.6) is 0 Å².